The second-order valence-corrected chi connectivity index (χ2v) is 8.53. The van der Waals surface area contributed by atoms with Gasteiger partial charge in [-0.15, -0.1) is 0 Å². The molecule has 128 valence electrons. The maximum atomic E-state index is 11.7. The first-order valence-corrected chi connectivity index (χ1v) is 9.90. The standard InChI is InChI=1S/C16H24N2O4S/c1-23(19,20)18-8-4-16(5-9-18)6-10-21-12-14(16)13-22-15-3-2-7-17-11-15/h2-3,7,11,14H,4-6,8-10,12-13H2,1H3/t14-/m1/s1. The SMILES string of the molecule is CS(=O)(=O)N1CCC2(CCOC[C@@H]2COc2cccnc2)CC1. The summed E-state index contributed by atoms with van der Waals surface area (Å²) in [5.41, 5.74) is 0.127. The van der Waals surface area contributed by atoms with Gasteiger partial charge in [-0.2, -0.15) is 0 Å². The highest BCUT2D eigenvalue weighted by Crippen LogP contribution is 2.45. The minimum absolute atomic E-state index is 0.127. The van der Waals surface area contributed by atoms with Gasteiger partial charge in [-0.05, 0) is 36.8 Å². The summed E-state index contributed by atoms with van der Waals surface area (Å²) >= 11 is 0. The number of ether oxygens (including phenoxy) is 2. The summed E-state index contributed by atoms with van der Waals surface area (Å²) in [6.07, 6.45) is 7.46. The minimum Gasteiger partial charge on any atom is -0.492 e. The van der Waals surface area contributed by atoms with Crippen molar-refractivity contribution in [2.24, 2.45) is 11.3 Å². The van der Waals surface area contributed by atoms with Crippen LogP contribution in [0.25, 0.3) is 0 Å². The second-order valence-electron chi connectivity index (χ2n) is 6.55. The fourth-order valence-electron chi connectivity index (χ4n) is 3.66. The summed E-state index contributed by atoms with van der Waals surface area (Å²) in [4.78, 5) is 4.06. The van der Waals surface area contributed by atoms with E-state index in [4.69, 9.17) is 9.47 Å². The van der Waals surface area contributed by atoms with Crippen LogP contribution in [0.2, 0.25) is 0 Å². The molecule has 2 fully saturated rings. The van der Waals surface area contributed by atoms with E-state index in [1.54, 1.807) is 16.7 Å². The average molecular weight is 340 g/mol. The predicted molar refractivity (Wildman–Crippen MR) is 86.7 cm³/mol. The Labute approximate surface area is 137 Å². The third kappa shape index (κ3) is 3.84. The molecule has 2 aliphatic heterocycles. The second kappa shape index (κ2) is 6.75. The van der Waals surface area contributed by atoms with Crippen molar-refractivity contribution in [1.29, 1.82) is 0 Å². The van der Waals surface area contributed by atoms with E-state index < -0.39 is 10.0 Å². The summed E-state index contributed by atoms with van der Waals surface area (Å²) in [5.74, 6) is 1.06. The molecule has 0 N–H and O–H groups in total. The lowest BCUT2D eigenvalue weighted by atomic mass is 9.66. The number of hydrogen-bond acceptors (Lipinski definition) is 5. The molecule has 0 radical (unpaired) electrons. The number of sulfonamides is 1. The largest absolute Gasteiger partial charge is 0.492 e. The van der Waals surface area contributed by atoms with Gasteiger partial charge in [0, 0.05) is 31.8 Å². The zero-order valence-corrected chi connectivity index (χ0v) is 14.3. The van der Waals surface area contributed by atoms with Crippen LogP contribution in [0.4, 0.5) is 0 Å². The maximum Gasteiger partial charge on any atom is 0.211 e. The fraction of sp³-hybridized carbons (Fsp3) is 0.688. The molecule has 2 saturated heterocycles. The summed E-state index contributed by atoms with van der Waals surface area (Å²) in [7, 11) is -3.09. The molecule has 3 rings (SSSR count). The van der Waals surface area contributed by atoms with Crippen LogP contribution in [0, 0.1) is 11.3 Å². The van der Waals surface area contributed by atoms with E-state index in [1.165, 1.54) is 6.26 Å². The summed E-state index contributed by atoms with van der Waals surface area (Å²) in [6.45, 7) is 3.22. The van der Waals surface area contributed by atoms with E-state index in [2.05, 4.69) is 4.98 Å². The number of hydrogen-bond donors (Lipinski definition) is 0. The summed E-state index contributed by atoms with van der Waals surface area (Å²) in [6, 6.07) is 3.75. The van der Waals surface area contributed by atoms with Crippen LogP contribution in [0.3, 0.4) is 0 Å². The third-order valence-electron chi connectivity index (χ3n) is 5.20. The zero-order valence-electron chi connectivity index (χ0n) is 13.5. The number of piperidine rings is 1. The molecule has 1 atom stereocenters. The molecule has 0 saturated carbocycles. The van der Waals surface area contributed by atoms with E-state index in [0.717, 1.165) is 31.6 Å². The predicted octanol–water partition coefficient (Wildman–Crippen LogP) is 1.54. The first-order valence-electron chi connectivity index (χ1n) is 8.05. The first kappa shape index (κ1) is 16.7. The summed E-state index contributed by atoms with van der Waals surface area (Å²) in [5, 5.41) is 0. The van der Waals surface area contributed by atoms with Gasteiger partial charge in [-0.25, -0.2) is 12.7 Å². The van der Waals surface area contributed by atoms with Crippen molar-refractivity contribution in [3.05, 3.63) is 24.5 Å². The van der Waals surface area contributed by atoms with Crippen LogP contribution < -0.4 is 4.74 Å². The van der Waals surface area contributed by atoms with Crippen molar-refractivity contribution in [3.63, 3.8) is 0 Å². The van der Waals surface area contributed by atoms with Gasteiger partial charge in [-0.3, -0.25) is 4.98 Å². The molecule has 3 heterocycles. The Morgan fingerprint density at radius 1 is 1.39 bits per heavy atom. The van der Waals surface area contributed by atoms with Crippen LogP contribution in [-0.2, 0) is 14.8 Å². The van der Waals surface area contributed by atoms with E-state index in [-0.39, 0.29) is 11.3 Å². The Balaban J connectivity index is 1.65. The van der Waals surface area contributed by atoms with E-state index in [9.17, 15) is 8.42 Å². The van der Waals surface area contributed by atoms with Gasteiger partial charge >= 0.3 is 0 Å². The topological polar surface area (TPSA) is 68.7 Å². The lowest BCUT2D eigenvalue weighted by molar-refractivity contribution is -0.0787. The van der Waals surface area contributed by atoms with Gasteiger partial charge in [0.2, 0.25) is 10.0 Å². The van der Waals surface area contributed by atoms with Crippen LogP contribution in [0.5, 0.6) is 5.75 Å². The highest BCUT2D eigenvalue weighted by Gasteiger charge is 2.45. The van der Waals surface area contributed by atoms with Crippen molar-refractivity contribution in [3.8, 4) is 5.75 Å². The Kier molecular flexibility index (Phi) is 4.89. The van der Waals surface area contributed by atoms with Gasteiger partial charge in [0.15, 0.2) is 0 Å². The van der Waals surface area contributed by atoms with Gasteiger partial charge < -0.3 is 9.47 Å². The van der Waals surface area contributed by atoms with Crippen molar-refractivity contribution in [2.45, 2.75) is 19.3 Å². The Hall–Kier alpha value is -1.18. The molecule has 2 aliphatic rings. The van der Waals surface area contributed by atoms with E-state index in [0.29, 0.717) is 26.3 Å². The molecule has 0 aliphatic carbocycles. The normalized spacial score (nSPS) is 25.3. The Morgan fingerprint density at radius 2 is 2.17 bits per heavy atom. The fourth-order valence-corrected chi connectivity index (χ4v) is 4.50. The lowest BCUT2D eigenvalue weighted by Gasteiger charge is -2.48. The molecule has 6 nitrogen and oxygen atoms in total. The average Bonchev–Trinajstić information content (AvgIpc) is 2.55. The third-order valence-corrected chi connectivity index (χ3v) is 6.51. The highest BCUT2D eigenvalue weighted by atomic mass is 32.2. The maximum absolute atomic E-state index is 11.7. The monoisotopic (exact) mass is 340 g/mol. The number of aromatic nitrogens is 1. The molecule has 1 aromatic rings. The molecule has 0 bridgehead atoms. The molecular weight excluding hydrogens is 316 g/mol. The molecule has 0 aromatic carbocycles. The van der Waals surface area contributed by atoms with Crippen molar-refractivity contribution < 1.29 is 17.9 Å². The first-order chi connectivity index (χ1) is 11.0. The minimum atomic E-state index is -3.09. The van der Waals surface area contributed by atoms with Gasteiger partial charge in [0.25, 0.3) is 0 Å². The zero-order chi connectivity index (χ0) is 16.3. The Bertz CT molecular complexity index is 612. The van der Waals surface area contributed by atoms with Crippen LogP contribution in [0.15, 0.2) is 24.5 Å². The van der Waals surface area contributed by atoms with E-state index in [1.807, 2.05) is 12.1 Å². The van der Waals surface area contributed by atoms with Crippen LogP contribution >= 0.6 is 0 Å². The molecular formula is C16H24N2O4S. The molecule has 1 aromatic heterocycles. The Morgan fingerprint density at radius 3 is 2.83 bits per heavy atom. The molecule has 23 heavy (non-hydrogen) atoms. The number of rotatable bonds is 4. The smallest absolute Gasteiger partial charge is 0.211 e. The number of nitrogens with zero attached hydrogens (tertiary/aromatic N) is 2. The molecule has 0 amide bonds. The van der Waals surface area contributed by atoms with Gasteiger partial charge in [0.1, 0.15) is 5.75 Å². The quantitative estimate of drug-likeness (QED) is 0.832. The highest BCUT2D eigenvalue weighted by molar-refractivity contribution is 7.88. The summed E-state index contributed by atoms with van der Waals surface area (Å²) < 4.78 is 36.6. The molecule has 1 spiro atoms. The van der Waals surface area contributed by atoms with Crippen LogP contribution in [0.1, 0.15) is 19.3 Å². The van der Waals surface area contributed by atoms with Crippen molar-refractivity contribution in [2.75, 3.05) is 39.2 Å². The molecule has 7 heteroatoms. The molecule has 0 unspecified atom stereocenters. The van der Waals surface area contributed by atoms with Crippen LogP contribution in [-0.4, -0.2) is 56.9 Å². The van der Waals surface area contributed by atoms with Gasteiger partial charge in [-0.1, -0.05) is 0 Å². The van der Waals surface area contributed by atoms with Crippen molar-refractivity contribution in [1.82, 2.24) is 9.29 Å². The lowest BCUT2D eigenvalue weighted by Crippen LogP contribution is -2.50. The van der Waals surface area contributed by atoms with Crippen molar-refractivity contribution >= 4 is 10.0 Å². The van der Waals surface area contributed by atoms with Gasteiger partial charge in [0.05, 0.1) is 25.7 Å². The number of pyridine rings is 1. The van der Waals surface area contributed by atoms with E-state index >= 15 is 0 Å².